The molecule has 0 aliphatic carbocycles. The van der Waals surface area contributed by atoms with Crippen molar-refractivity contribution in [2.45, 2.75) is 33.8 Å². The fourth-order valence-electron chi connectivity index (χ4n) is 1.15. The molecule has 0 aliphatic rings. The molecule has 0 unspecified atom stereocenters. The third-order valence-corrected chi connectivity index (χ3v) is 2.11. The van der Waals surface area contributed by atoms with Gasteiger partial charge in [-0.05, 0) is 29.5 Å². The van der Waals surface area contributed by atoms with Crippen molar-refractivity contribution in [3.63, 3.8) is 0 Å². The number of aromatic nitrogens is 1. The number of nitrogens with zero attached hydrogens (tertiary/aromatic N) is 1. The van der Waals surface area contributed by atoms with Gasteiger partial charge in [0.1, 0.15) is 5.82 Å². The molecule has 15 heavy (non-hydrogen) atoms. The summed E-state index contributed by atoms with van der Waals surface area (Å²) in [6.07, 6.45) is 2.77. The van der Waals surface area contributed by atoms with E-state index in [1.165, 1.54) is 0 Å². The lowest BCUT2D eigenvalue weighted by Gasteiger charge is -2.17. The Labute approximate surface area is 91.7 Å². The van der Waals surface area contributed by atoms with Gasteiger partial charge in [0, 0.05) is 12.8 Å². The summed E-state index contributed by atoms with van der Waals surface area (Å²) in [4.78, 5) is 3.93. The highest BCUT2D eigenvalue weighted by Crippen LogP contribution is 2.18. The first-order valence-electron chi connectivity index (χ1n) is 5.25. The van der Waals surface area contributed by atoms with Crippen molar-refractivity contribution in [3.05, 3.63) is 23.9 Å². The van der Waals surface area contributed by atoms with Crippen molar-refractivity contribution in [3.8, 4) is 0 Å². The zero-order chi connectivity index (χ0) is 11.3. The minimum absolute atomic E-state index is 0.331. The molecule has 0 atom stereocenters. The number of nitrogen functional groups attached to an aromatic ring is 1. The van der Waals surface area contributed by atoms with Crippen LogP contribution in [0.2, 0.25) is 0 Å². The topological polar surface area (TPSA) is 48.1 Å². The summed E-state index contributed by atoms with van der Waals surface area (Å²) in [6, 6.07) is 3.77. The largest absolute Gasteiger partial charge is 0.384 e. The zero-order valence-corrected chi connectivity index (χ0v) is 9.79. The lowest BCUT2D eigenvalue weighted by molar-refractivity contribution is 0.0962. The lowest BCUT2D eigenvalue weighted by atomic mass is 9.93. The first-order valence-corrected chi connectivity index (χ1v) is 5.25. The average Bonchev–Trinajstić information content (AvgIpc) is 2.11. The molecule has 3 heteroatoms. The van der Waals surface area contributed by atoms with Crippen LogP contribution in [-0.2, 0) is 11.3 Å². The van der Waals surface area contributed by atoms with Crippen LogP contribution in [0.4, 0.5) is 5.82 Å². The predicted octanol–water partition coefficient (Wildman–Crippen LogP) is 2.62. The molecule has 0 aliphatic heterocycles. The standard InChI is InChI=1S/C12H20N2O/c1-12(2,3)5-7-15-9-10-4-6-14-11(13)8-10/h4,6,8H,5,7,9H2,1-3H3,(H2,13,14). The average molecular weight is 208 g/mol. The maximum Gasteiger partial charge on any atom is 0.123 e. The van der Waals surface area contributed by atoms with E-state index in [9.17, 15) is 0 Å². The molecule has 0 fully saturated rings. The van der Waals surface area contributed by atoms with E-state index in [4.69, 9.17) is 10.5 Å². The number of anilines is 1. The third kappa shape index (κ3) is 5.37. The molecule has 3 nitrogen and oxygen atoms in total. The lowest BCUT2D eigenvalue weighted by Crippen LogP contribution is -2.09. The van der Waals surface area contributed by atoms with Crippen molar-refractivity contribution in [1.29, 1.82) is 0 Å². The van der Waals surface area contributed by atoms with Crippen LogP contribution in [0.5, 0.6) is 0 Å². The summed E-state index contributed by atoms with van der Waals surface area (Å²) in [5, 5.41) is 0. The molecule has 0 saturated heterocycles. The van der Waals surface area contributed by atoms with Gasteiger partial charge < -0.3 is 10.5 Å². The molecule has 0 amide bonds. The SMILES string of the molecule is CC(C)(C)CCOCc1ccnc(N)c1. The Morgan fingerprint density at radius 3 is 2.73 bits per heavy atom. The molecular formula is C12H20N2O. The highest BCUT2D eigenvalue weighted by atomic mass is 16.5. The molecule has 0 saturated carbocycles. The zero-order valence-electron chi connectivity index (χ0n) is 9.79. The van der Waals surface area contributed by atoms with E-state index in [0.717, 1.165) is 18.6 Å². The van der Waals surface area contributed by atoms with E-state index >= 15 is 0 Å². The van der Waals surface area contributed by atoms with E-state index in [1.54, 1.807) is 6.20 Å². The maximum absolute atomic E-state index is 5.57. The van der Waals surface area contributed by atoms with Gasteiger partial charge in [0.15, 0.2) is 0 Å². The van der Waals surface area contributed by atoms with Crippen LogP contribution in [-0.4, -0.2) is 11.6 Å². The second-order valence-electron chi connectivity index (χ2n) is 4.95. The maximum atomic E-state index is 5.57. The van der Waals surface area contributed by atoms with Gasteiger partial charge in [-0.3, -0.25) is 0 Å². The second-order valence-corrected chi connectivity index (χ2v) is 4.95. The molecule has 0 bridgehead atoms. The van der Waals surface area contributed by atoms with Gasteiger partial charge in [0.25, 0.3) is 0 Å². The van der Waals surface area contributed by atoms with E-state index in [-0.39, 0.29) is 0 Å². The number of hydrogen-bond acceptors (Lipinski definition) is 3. The van der Waals surface area contributed by atoms with Crippen molar-refractivity contribution in [2.75, 3.05) is 12.3 Å². The van der Waals surface area contributed by atoms with Crippen molar-refractivity contribution >= 4 is 5.82 Å². The first-order chi connectivity index (χ1) is 6.97. The summed E-state index contributed by atoms with van der Waals surface area (Å²) in [7, 11) is 0. The van der Waals surface area contributed by atoms with Gasteiger partial charge in [-0.1, -0.05) is 20.8 Å². The Balaban J connectivity index is 2.26. The van der Waals surface area contributed by atoms with E-state index in [1.807, 2.05) is 12.1 Å². The van der Waals surface area contributed by atoms with Gasteiger partial charge in [-0.2, -0.15) is 0 Å². The highest BCUT2D eigenvalue weighted by Gasteiger charge is 2.09. The van der Waals surface area contributed by atoms with Crippen LogP contribution in [0.3, 0.4) is 0 Å². The van der Waals surface area contributed by atoms with Gasteiger partial charge in [0.05, 0.1) is 6.61 Å². The first kappa shape index (κ1) is 12.0. The van der Waals surface area contributed by atoms with E-state index in [0.29, 0.717) is 17.8 Å². The van der Waals surface area contributed by atoms with Crippen molar-refractivity contribution < 1.29 is 4.74 Å². The van der Waals surface area contributed by atoms with Gasteiger partial charge in [-0.15, -0.1) is 0 Å². The summed E-state index contributed by atoms with van der Waals surface area (Å²) in [5.74, 6) is 0.548. The van der Waals surface area contributed by atoms with Crippen LogP contribution in [0.15, 0.2) is 18.3 Å². The molecule has 0 spiro atoms. The number of rotatable bonds is 4. The fraction of sp³-hybridized carbons (Fsp3) is 0.583. The third-order valence-electron chi connectivity index (χ3n) is 2.11. The summed E-state index contributed by atoms with van der Waals surface area (Å²) >= 11 is 0. The molecule has 1 rings (SSSR count). The Morgan fingerprint density at radius 1 is 1.40 bits per heavy atom. The Kier molecular flexibility index (Phi) is 4.09. The van der Waals surface area contributed by atoms with Gasteiger partial charge >= 0.3 is 0 Å². The molecule has 0 radical (unpaired) electrons. The minimum Gasteiger partial charge on any atom is -0.384 e. The summed E-state index contributed by atoms with van der Waals surface area (Å²) in [5.41, 5.74) is 6.98. The fourth-order valence-corrected chi connectivity index (χ4v) is 1.15. The molecule has 1 aromatic rings. The van der Waals surface area contributed by atoms with Crippen LogP contribution >= 0.6 is 0 Å². The van der Waals surface area contributed by atoms with E-state index < -0.39 is 0 Å². The van der Waals surface area contributed by atoms with Crippen molar-refractivity contribution in [1.82, 2.24) is 4.98 Å². The van der Waals surface area contributed by atoms with Gasteiger partial charge in [0.2, 0.25) is 0 Å². The number of hydrogen-bond donors (Lipinski definition) is 1. The quantitative estimate of drug-likeness (QED) is 0.774. The minimum atomic E-state index is 0.331. The monoisotopic (exact) mass is 208 g/mol. The normalized spacial score (nSPS) is 11.7. The van der Waals surface area contributed by atoms with Crippen LogP contribution < -0.4 is 5.73 Å². The molecule has 84 valence electrons. The summed E-state index contributed by atoms with van der Waals surface area (Å²) < 4.78 is 5.57. The summed E-state index contributed by atoms with van der Waals surface area (Å²) in [6.45, 7) is 8.02. The predicted molar refractivity (Wildman–Crippen MR) is 62.4 cm³/mol. The van der Waals surface area contributed by atoms with Crippen molar-refractivity contribution in [2.24, 2.45) is 5.41 Å². The molecule has 0 aromatic carbocycles. The second kappa shape index (κ2) is 5.12. The van der Waals surface area contributed by atoms with Gasteiger partial charge in [-0.25, -0.2) is 4.98 Å². The molecular weight excluding hydrogens is 188 g/mol. The molecule has 1 aromatic heterocycles. The number of nitrogens with two attached hydrogens (primary N) is 1. The Morgan fingerprint density at radius 2 is 2.13 bits per heavy atom. The Bertz CT molecular complexity index is 305. The highest BCUT2D eigenvalue weighted by molar-refractivity contribution is 5.31. The number of pyridine rings is 1. The van der Waals surface area contributed by atoms with Crippen LogP contribution in [0.1, 0.15) is 32.8 Å². The Hall–Kier alpha value is -1.09. The molecule has 2 N–H and O–H groups in total. The van der Waals surface area contributed by atoms with E-state index in [2.05, 4.69) is 25.8 Å². The smallest absolute Gasteiger partial charge is 0.123 e. The number of ether oxygens (including phenoxy) is 1. The van der Waals surface area contributed by atoms with Crippen LogP contribution in [0.25, 0.3) is 0 Å². The van der Waals surface area contributed by atoms with Crippen LogP contribution in [0, 0.1) is 5.41 Å². The molecule has 1 heterocycles.